The minimum Gasteiger partial charge on any atom is -0.361 e. The molecule has 2 aromatic carbocycles. The van der Waals surface area contributed by atoms with Crippen molar-refractivity contribution in [3.05, 3.63) is 65.4 Å². The van der Waals surface area contributed by atoms with E-state index in [2.05, 4.69) is 25.6 Å². The lowest BCUT2D eigenvalue weighted by Crippen LogP contribution is -2.29. The molecule has 3 heterocycles. The van der Waals surface area contributed by atoms with Crippen molar-refractivity contribution in [1.29, 1.82) is 0 Å². The lowest BCUT2D eigenvalue weighted by Gasteiger charge is -2.05. The monoisotopic (exact) mass is 359 g/mol. The third-order valence-corrected chi connectivity index (χ3v) is 4.96. The minimum atomic E-state index is -0.223. The summed E-state index contributed by atoms with van der Waals surface area (Å²) in [6.07, 6.45) is 3.67. The van der Waals surface area contributed by atoms with Crippen LogP contribution in [0.5, 0.6) is 0 Å². The van der Waals surface area contributed by atoms with Crippen LogP contribution in [0.15, 0.2) is 64.9 Å². The molecule has 7 heteroatoms. The van der Waals surface area contributed by atoms with E-state index in [9.17, 15) is 4.79 Å². The van der Waals surface area contributed by atoms with E-state index in [1.54, 1.807) is 17.4 Å². The van der Waals surface area contributed by atoms with Crippen LogP contribution in [0.1, 0.15) is 5.56 Å². The third-order valence-electron chi connectivity index (χ3n) is 4.17. The maximum Gasteiger partial charge on any atom is 0.276 e. The number of rotatable bonds is 2. The average molecular weight is 359 g/mol. The van der Waals surface area contributed by atoms with Crippen LogP contribution in [0.2, 0.25) is 0 Å². The number of fused-ring (bicyclic) bond motifs is 2. The highest BCUT2D eigenvalue weighted by molar-refractivity contribution is 7.16. The number of H-pyrrole nitrogens is 1. The second-order valence-corrected chi connectivity index (χ2v) is 6.81. The molecule has 3 N–H and O–H groups in total. The zero-order chi connectivity index (χ0) is 17.5. The number of nitrogens with one attached hydrogen (secondary N) is 3. The topological polar surface area (TPSA) is 82.2 Å². The van der Waals surface area contributed by atoms with Gasteiger partial charge in [-0.3, -0.25) is 10.1 Å². The first kappa shape index (κ1) is 14.9. The predicted molar refractivity (Wildman–Crippen MR) is 105 cm³/mol. The number of aromatic nitrogens is 2. The van der Waals surface area contributed by atoms with Gasteiger partial charge in [0.1, 0.15) is 5.70 Å². The molecule has 0 spiro atoms. The fraction of sp³-hybridized carbons (Fsp3) is 0. The molecule has 126 valence electrons. The number of thiazole rings is 1. The van der Waals surface area contributed by atoms with E-state index >= 15 is 0 Å². The van der Waals surface area contributed by atoms with Crippen LogP contribution in [0, 0.1) is 0 Å². The van der Waals surface area contributed by atoms with Crippen molar-refractivity contribution in [2.75, 3.05) is 5.32 Å². The number of anilines is 1. The maximum absolute atomic E-state index is 12.2. The third kappa shape index (κ3) is 2.64. The Bertz CT molecular complexity index is 1220. The van der Waals surface area contributed by atoms with E-state index in [1.165, 1.54) is 0 Å². The smallest absolute Gasteiger partial charge is 0.276 e. The Labute approximate surface area is 152 Å². The molecular weight excluding hydrogens is 346 g/mol. The number of amides is 1. The summed E-state index contributed by atoms with van der Waals surface area (Å²) in [5.41, 5.74) is 5.99. The normalized spacial score (nSPS) is 15.6. The fourth-order valence-electron chi connectivity index (χ4n) is 2.91. The Kier molecular flexibility index (Phi) is 3.32. The number of guanidine groups is 1. The molecular formula is C19H13N5OS. The summed E-state index contributed by atoms with van der Waals surface area (Å²) in [4.78, 5) is 24.0. The van der Waals surface area contributed by atoms with Crippen LogP contribution in [0.3, 0.4) is 0 Å². The first-order valence-electron chi connectivity index (χ1n) is 8.04. The van der Waals surface area contributed by atoms with Gasteiger partial charge in [-0.2, -0.15) is 0 Å². The summed E-state index contributed by atoms with van der Waals surface area (Å²) in [5, 5.41) is 7.00. The minimum absolute atomic E-state index is 0.223. The molecule has 4 aromatic rings. The molecule has 0 aliphatic carbocycles. The Balaban J connectivity index is 1.42. The number of hydrogen-bond donors (Lipinski definition) is 3. The first-order valence-corrected chi connectivity index (χ1v) is 8.92. The van der Waals surface area contributed by atoms with Crippen molar-refractivity contribution in [2.24, 2.45) is 4.99 Å². The molecule has 2 aromatic heterocycles. The van der Waals surface area contributed by atoms with Crippen molar-refractivity contribution >= 4 is 56.1 Å². The SMILES string of the molecule is O=C1NC(Nc2ccc3[nH]ccc3c2)=NC1=Cc1ccc2ncsc2c1. The van der Waals surface area contributed by atoms with Gasteiger partial charge >= 0.3 is 0 Å². The quantitative estimate of drug-likeness (QED) is 0.477. The summed E-state index contributed by atoms with van der Waals surface area (Å²) in [6, 6.07) is 13.8. The molecule has 26 heavy (non-hydrogen) atoms. The van der Waals surface area contributed by atoms with Gasteiger partial charge in [-0.05, 0) is 48.0 Å². The van der Waals surface area contributed by atoms with Crippen molar-refractivity contribution in [3.8, 4) is 0 Å². The summed E-state index contributed by atoms with van der Waals surface area (Å²) in [5.74, 6) is 0.203. The van der Waals surface area contributed by atoms with E-state index in [-0.39, 0.29) is 5.91 Å². The summed E-state index contributed by atoms with van der Waals surface area (Å²) < 4.78 is 1.08. The van der Waals surface area contributed by atoms with Gasteiger partial charge in [-0.25, -0.2) is 9.98 Å². The van der Waals surface area contributed by atoms with Crippen LogP contribution in [0.25, 0.3) is 27.2 Å². The van der Waals surface area contributed by atoms with Crippen molar-refractivity contribution in [3.63, 3.8) is 0 Å². The number of benzene rings is 2. The molecule has 6 nitrogen and oxygen atoms in total. The van der Waals surface area contributed by atoms with Gasteiger partial charge in [0.05, 0.1) is 15.7 Å². The molecule has 5 rings (SSSR count). The van der Waals surface area contributed by atoms with Gasteiger partial charge in [0, 0.05) is 22.8 Å². The summed E-state index contributed by atoms with van der Waals surface area (Å²) in [7, 11) is 0. The number of carbonyl (C=O) groups excluding carboxylic acids is 1. The molecule has 0 fully saturated rings. The Morgan fingerprint density at radius 2 is 2.08 bits per heavy atom. The van der Waals surface area contributed by atoms with E-state index in [1.807, 2.05) is 54.2 Å². The Hall–Kier alpha value is -3.45. The second kappa shape index (κ2) is 5.82. The van der Waals surface area contributed by atoms with Gasteiger partial charge in [-0.15, -0.1) is 11.3 Å². The molecule has 0 saturated carbocycles. The molecule has 0 unspecified atom stereocenters. The molecule has 1 amide bonds. The molecule has 1 aliphatic rings. The van der Waals surface area contributed by atoms with Gasteiger partial charge in [0.2, 0.25) is 5.96 Å². The summed E-state index contributed by atoms with van der Waals surface area (Å²) >= 11 is 1.57. The Morgan fingerprint density at radius 1 is 1.12 bits per heavy atom. The highest BCUT2D eigenvalue weighted by Gasteiger charge is 2.20. The Morgan fingerprint density at radius 3 is 3.04 bits per heavy atom. The van der Waals surface area contributed by atoms with E-state index in [0.717, 1.165) is 32.4 Å². The van der Waals surface area contributed by atoms with Crippen molar-refractivity contribution in [2.45, 2.75) is 0 Å². The van der Waals surface area contributed by atoms with E-state index in [4.69, 9.17) is 0 Å². The van der Waals surface area contributed by atoms with E-state index in [0.29, 0.717) is 11.7 Å². The highest BCUT2D eigenvalue weighted by Crippen LogP contribution is 2.22. The predicted octanol–water partition coefficient (Wildman–Crippen LogP) is 3.72. The van der Waals surface area contributed by atoms with Gasteiger partial charge in [0.15, 0.2) is 0 Å². The van der Waals surface area contributed by atoms with E-state index < -0.39 is 0 Å². The van der Waals surface area contributed by atoms with Crippen molar-refractivity contribution < 1.29 is 4.79 Å². The molecule has 0 saturated heterocycles. The molecule has 0 radical (unpaired) electrons. The zero-order valence-electron chi connectivity index (χ0n) is 13.5. The largest absolute Gasteiger partial charge is 0.361 e. The summed E-state index contributed by atoms with van der Waals surface area (Å²) in [6.45, 7) is 0. The van der Waals surface area contributed by atoms with Crippen molar-refractivity contribution in [1.82, 2.24) is 15.3 Å². The fourth-order valence-corrected chi connectivity index (χ4v) is 3.64. The van der Waals surface area contributed by atoms with Crippen LogP contribution >= 0.6 is 11.3 Å². The lowest BCUT2D eigenvalue weighted by molar-refractivity contribution is -0.115. The van der Waals surface area contributed by atoms with Gasteiger partial charge in [-0.1, -0.05) is 6.07 Å². The zero-order valence-corrected chi connectivity index (χ0v) is 14.3. The second-order valence-electron chi connectivity index (χ2n) is 5.93. The number of carbonyl (C=O) groups is 1. The standard InChI is InChI=1S/C19H13N5OS/c25-18-16(7-11-1-3-15-17(8-11)26-10-21-15)23-19(24-18)22-13-2-4-14-12(9-13)5-6-20-14/h1-10,20H,(H2,22,23,24,25). The maximum atomic E-state index is 12.2. The lowest BCUT2D eigenvalue weighted by atomic mass is 10.2. The number of aromatic amines is 1. The van der Waals surface area contributed by atoms with Gasteiger partial charge in [0.25, 0.3) is 5.91 Å². The average Bonchev–Trinajstić information content (AvgIpc) is 3.35. The number of nitrogens with zero attached hydrogens (tertiary/aromatic N) is 2. The van der Waals surface area contributed by atoms with Gasteiger partial charge < -0.3 is 10.3 Å². The number of hydrogen-bond acceptors (Lipinski definition) is 5. The highest BCUT2D eigenvalue weighted by atomic mass is 32.1. The number of aliphatic imine (C=N–C) groups is 1. The van der Waals surface area contributed by atoms with Crippen LogP contribution < -0.4 is 10.6 Å². The molecule has 1 aliphatic heterocycles. The first-order chi connectivity index (χ1) is 12.7. The van der Waals surface area contributed by atoms with Crippen LogP contribution in [0.4, 0.5) is 5.69 Å². The van der Waals surface area contributed by atoms with Crippen LogP contribution in [-0.4, -0.2) is 21.8 Å². The molecule has 0 bridgehead atoms. The molecule has 0 atom stereocenters. The van der Waals surface area contributed by atoms with Crippen LogP contribution in [-0.2, 0) is 4.79 Å².